The number of thiazole rings is 1. The standard InChI is InChI=1S/C17H24N2O2S/c1-10(18)16-19-13(9-22-16)12-7-11(17(2,3)4)8-14(20-5)15(12)21-6/h7-10H,18H2,1-6H3. The van der Waals surface area contributed by atoms with Gasteiger partial charge < -0.3 is 15.2 Å². The second-order valence-electron chi connectivity index (χ2n) is 6.37. The van der Waals surface area contributed by atoms with Gasteiger partial charge in [0.05, 0.1) is 26.0 Å². The quantitative estimate of drug-likeness (QED) is 0.919. The van der Waals surface area contributed by atoms with Crippen LogP contribution in [-0.2, 0) is 5.41 Å². The summed E-state index contributed by atoms with van der Waals surface area (Å²) in [5.74, 6) is 1.43. The van der Waals surface area contributed by atoms with Crippen molar-refractivity contribution in [3.63, 3.8) is 0 Å². The third-order valence-electron chi connectivity index (χ3n) is 3.53. The average molecular weight is 320 g/mol. The van der Waals surface area contributed by atoms with Crippen molar-refractivity contribution in [1.82, 2.24) is 4.98 Å². The van der Waals surface area contributed by atoms with Crippen molar-refractivity contribution in [2.45, 2.75) is 39.2 Å². The first-order valence-corrected chi connectivity index (χ1v) is 8.13. The molecular weight excluding hydrogens is 296 g/mol. The van der Waals surface area contributed by atoms with Gasteiger partial charge in [0.25, 0.3) is 0 Å². The Bertz CT molecular complexity index is 657. The molecule has 0 bridgehead atoms. The molecule has 1 heterocycles. The molecule has 0 spiro atoms. The molecule has 0 fully saturated rings. The number of ether oxygens (including phenoxy) is 2. The first-order valence-electron chi connectivity index (χ1n) is 7.25. The molecule has 120 valence electrons. The molecule has 2 rings (SSSR count). The first-order chi connectivity index (χ1) is 10.3. The minimum atomic E-state index is -0.0718. The molecule has 0 aliphatic heterocycles. The fourth-order valence-corrected chi connectivity index (χ4v) is 2.99. The molecular formula is C17H24N2O2S. The maximum atomic E-state index is 5.92. The van der Waals surface area contributed by atoms with Gasteiger partial charge in [0.1, 0.15) is 5.01 Å². The predicted octanol–water partition coefficient (Wildman–Crippen LogP) is 4.14. The number of benzene rings is 1. The summed E-state index contributed by atoms with van der Waals surface area (Å²) >= 11 is 1.57. The van der Waals surface area contributed by atoms with Gasteiger partial charge in [0.2, 0.25) is 0 Å². The van der Waals surface area contributed by atoms with Crippen molar-refractivity contribution in [2.24, 2.45) is 5.73 Å². The van der Waals surface area contributed by atoms with E-state index < -0.39 is 0 Å². The van der Waals surface area contributed by atoms with Crippen LogP contribution in [0.1, 0.15) is 44.3 Å². The highest BCUT2D eigenvalue weighted by Crippen LogP contribution is 2.42. The molecule has 0 saturated carbocycles. The van der Waals surface area contributed by atoms with E-state index in [-0.39, 0.29) is 11.5 Å². The number of rotatable bonds is 4. The zero-order valence-corrected chi connectivity index (χ0v) is 14.9. The Labute approximate surface area is 136 Å². The Kier molecular flexibility index (Phi) is 4.78. The smallest absolute Gasteiger partial charge is 0.170 e. The molecule has 1 unspecified atom stereocenters. The molecule has 5 heteroatoms. The fraction of sp³-hybridized carbons (Fsp3) is 0.471. The molecule has 2 aromatic rings. The van der Waals surface area contributed by atoms with Gasteiger partial charge >= 0.3 is 0 Å². The van der Waals surface area contributed by atoms with Crippen LogP contribution in [0.2, 0.25) is 0 Å². The number of methoxy groups -OCH3 is 2. The van der Waals surface area contributed by atoms with Gasteiger partial charge in [0, 0.05) is 10.9 Å². The summed E-state index contributed by atoms with van der Waals surface area (Å²) in [5.41, 5.74) is 8.92. The Hall–Kier alpha value is -1.59. The fourth-order valence-electron chi connectivity index (χ4n) is 2.21. The summed E-state index contributed by atoms with van der Waals surface area (Å²) in [6.07, 6.45) is 0. The van der Waals surface area contributed by atoms with E-state index in [1.807, 2.05) is 18.4 Å². The monoisotopic (exact) mass is 320 g/mol. The highest BCUT2D eigenvalue weighted by molar-refractivity contribution is 7.10. The van der Waals surface area contributed by atoms with Crippen LogP contribution in [-0.4, -0.2) is 19.2 Å². The van der Waals surface area contributed by atoms with Gasteiger partial charge in [0.15, 0.2) is 11.5 Å². The van der Waals surface area contributed by atoms with Crippen LogP contribution in [0.5, 0.6) is 11.5 Å². The van der Waals surface area contributed by atoms with Crippen molar-refractivity contribution >= 4 is 11.3 Å². The Balaban J connectivity index is 2.65. The Morgan fingerprint density at radius 3 is 2.32 bits per heavy atom. The molecule has 0 radical (unpaired) electrons. The molecule has 4 nitrogen and oxygen atoms in total. The summed E-state index contributed by atoms with van der Waals surface area (Å²) in [5, 5.41) is 2.93. The van der Waals surface area contributed by atoms with E-state index in [0.717, 1.165) is 22.0 Å². The maximum Gasteiger partial charge on any atom is 0.170 e. The normalized spacial score (nSPS) is 13.0. The van der Waals surface area contributed by atoms with E-state index in [4.69, 9.17) is 15.2 Å². The molecule has 0 aliphatic carbocycles. The second-order valence-corrected chi connectivity index (χ2v) is 7.26. The van der Waals surface area contributed by atoms with Crippen molar-refractivity contribution in [2.75, 3.05) is 14.2 Å². The molecule has 22 heavy (non-hydrogen) atoms. The lowest BCUT2D eigenvalue weighted by Gasteiger charge is -2.22. The minimum Gasteiger partial charge on any atom is -0.493 e. The molecule has 1 aromatic heterocycles. The molecule has 0 amide bonds. The van der Waals surface area contributed by atoms with Gasteiger partial charge in [-0.05, 0) is 30.0 Å². The minimum absolute atomic E-state index is 0.00825. The van der Waals surface area contributed by atoms with Crippen LogP contribution in [0.3, 0.4) is 0 Å². The van der Waals surface area contributed by atoms with E-state index in [1.54, 1.807) is 25.6 Å². The Morgan fingerprint density at radius 2 is 1.86 bits per heavy atom. The van der Waals surface area contributed by atoms with Crippen molar-refractivity contribution in [1.29, 1.82) is 0 Å². The molecule has 1 aromatic carbocycles. The topological polar surface area (TPSA) is 57.4 Å². The van der Waals surface area contributed by atoms with Crippen LogP contribution < -0.4 is 15.2 Å². The lowest BCUT2D eigenvalue weighted by atomic mass is 9.85. The van der Waals surface area contributed by atoms with Gasteiger partial charge in [-0.3, -0.25) is 0 Å². The number of nitrogens with two attached hydrogens (primary N) is 1. The average Bonchev–Trinajstić information content (AvgIpc) is 2.94. The van der Waals surface area contributed by atoms with Crippen LogP contribution in [0.25, 0.3) is 11.3 Å². The van der Waals surface area contributed by atoms with Gasteiger partial charge in [-0.1, -0.05) is 20.8 Å². The highest BCUT2D eigenvalue weighted by Gasteiger charge is 2.22. The largest absolute Gasteiger partial charge is 0.493 e. The molecule has 0 saturated heterocycles. The zero-order valence-electron chi connectivity index (χ0n) is 14.1. The van der Waals surface area contributed by atoms with Crippen LogP contribution >= 0.6 is 11.3 Å². The molecule has 2 N–H and O–H groups in total. The number of aromatic nitrogens is 1. The first kappa shape index (κ1) is 16.8. The van der Waals surface area contributed by atoms with E-state index in [1.165, 1.54) is 5.56 Å². The van der Waals surface area contributed by atoms with E-state index in [2.05, 4.69) is 31.8 Å². The summed E-state index contributed by atoms with van der Waals surface area (Å²) in [6.45, 7) is 8.46. The number of hydrogen-bond acceptors (Lipinski definition) is 5. The third-order valence-corrected chi connectivity index (χ3v) is 4.58. The van der Waals surface area contributed by atoms with Crippen molar-refractivity contribution in [3.05, 3.63) is 28.1 Å². The van der Waals surface area contributed by atoms with E-state index in [9.17, 15) is 0 Å². The van der Waals surface area contributed by atoms with E-state index >= 15 is 0 Å². The predicted molar refractivity (Wildman–Crippen MR) is 92.0 cm³/mol. The summed E-state index contributed by atoms with van der Waals surface area (Å²) < 4.78 is 11.1. The van der Waals surface area contributed by atoms with Crippen LogP contribution in [0.4, 0.5) is 0 Å². The summed E-state index contributed by atoms with van der Waals surface area (Å²) in [4.78, 5) is 4.65. The third kappa shape index (κ3) is 3.25. The van der Waals surface area contributed by atoms with Crippen molar-refractivity contribution < 1.29 is 9.47 Å². The lowest BCUT2D eigenvalue weighted by Crippen LogP contribution is -2.12. The number of nitrogens with zero attached hydrogens (tertiary/aromatic N) is 1. The van der Waals surface area contributed by atoms with Gasteiger partial charge in [-0.2, -0.15) is 0 Å². The van der Waals surface area contributed by atoms with Gasteiger partial charge in [-0.15, -0.1) is 11.3 Å². The highest BCUT2D eigenvalue weighted by atomic mass is 32.1. The SMILES string of the molecule is COc1cc(C(C)(C)C)cc(-c2csc(C(C)N)n2)c1OC. The summed E-state index contributed by atoms with van der Waals surface area (Å²) in [6, 6.07) is 4.08. The lowest BCUT2D eigenvalue weighted by molar-refractivity contribution is 0.354. The van der Waals surface area contributed by atoms with Crippen LogP contribution in [0, 0.1) is 0 Å². The van der Waals surface area contributed by atoms with E-state index in [0.29, 0.717) is 5.75 Å². The molecule has 0 aliphatic rings. The molecule has 1 atom stereocenters. The van der Waals surface area contributed by atoms with Crippen LogP contribution in [0.15, 0.2) is 17.5 Å². The second kappa shape index (κ2) is 6.26. The number of hydrogen-bond donors (Lipinski definition) is 1. The zero-order chi connectivity index (χ0) is 16.5. The van der Waals surface area contributed by atoms with Crippen molar-refractivity contribution in [3.8, 4) is 22.8 Å². The summed E-state index contributed by atoms with van der Waals surface area (Å²) in [7, 11) is 3.31. The Morgan fingerprint density at radius 1 is 1.18 bits per heavy atom. The maximum absolute atomic E-state index is 5.92. The van der Waals surface area contributed by atoms with Gasteiger partial charge in [-0.25, -0.2) is 4.98 Å².